The predicted molar refractivity (Wildman–Crippen MR) is 139 cm³/mol. The van der Waals surface area contributed by atoms with Gasteiger partial charge in [-0.05, 0) is 42.4 Å². The number of aliphatic hydroxyl groups is 1. The van der Waals surface area contributed by atoms with Gasteiger partial charge in [-0.1, -0.05) is 36.4 Å². The molecule has 8 heteroatoms. The summed E-state index contributed by atoms with van der Waals surface area (Å²) in [7, 11) is 0. The summed E-state index contributed by atoms with van der Waals surface area (Å²) >= 11 is 0. The maximum atomic E-state index is 13.5. The van der Waals surface area contributed by atoms with E-state index in [-0.39, 0.29) is 23.7 Å². The highest BCUT2D eigenvalue weighted by molar-refractivity contribution is 5.79. The molecule has 0 spiro atoms. The second kappa shape index (κ2) is 11.9. The maximum Gasteiger partial charge on any atom is 0.236 e. The molecule has 2 aromatic rings. The van der Waals surface area contributed by atoms with Gasteiger partial charge in [-0.15, -0.1) is 0 Å². The summed E-state index contributed by atoms with van der Waals surface area (Å²) in [6.07, 6.45) is 9.22. The molecular formula is C29H36N4O4. The van der Waals surface area contributed by atoms with Crippen LogP contribution in [0.15, 0.2) is 60.9 Å². The van der Waals surface area contributed by atoms with E-state index in [1.807, 2.05) is 47.5 Å². The van der Waals surface area contributed by atoms with Crippen LogP contribution in [0.5, 0.6) is 5.75 Å². The van der Waals surface area contributed by atoms with Crippen molar-refractivity contribution in [2.75, 3.05) is 39.3 Å². The lowest BCUT2D eigenvalue weighted by Crippen LogP contribution is -2.47. The quantitative estimate of drug-likeness (QED) is 0.644. The number of fused-ring (bicyclic) bond motifs is 3. The third-order valence-corrected chi connectivity index (χ3v) is 7.68. The molecule has 0 radical (unpaired) electrons. The van der Waals surface area contributed by atoms with Crippen LogP contribution >= 0.6 is 0 Å². The Kier molecular flexibility index (Phi) is 8.16. The number of β-amino-alcohol motifs (C(OH)–C–C–N with tert-alkyl or cyclic N) is 1. The maximum absolute atomic E-state index is 13.5. The Morgan fingerprint density at radius 3 is 2.78 bits per heavy atom. The summed E-state index contributed by atoms with van der Waals surface area (Å²) in [5.74, 6) is 1.27. The molecule has 1 aromatic carbocycles. The number of pyridine rings is 1. The van der Waals surface area contributed by atoms with Crippen LogP contribution in [-0.4, -0.2) is 82.0 Å². The molecule has 0 aliphatic carbocycles. The first-order chi connectivity index (χ1) is 18.0. The number of aromatic nitrogens is 1. The molecule has 2 amide bonds. The van der Waals surface area contributed by atoms with Crippen LogP contribution in [0.4, 0.5) is 0 Å². The molecule has 2 fully saturated rings. The van der Waals surface area contributed by atoms with E-state index in [1.165, 1.54) is 0 Å². The minimum atomic E-state index is -0.414. The van der Waals surface area contributed by atoms with Crippen LogP contribution in [0.2, 0.25) is 0 Å². The van der Waals surface area contributed by atoms with Crippen molar-refractivity contribution in [3.05, 3.63) is 72.1 Å². The monoisotopic (exact) mass is 504 g/mol. The van der Waals surface area contributed by atoms with Crippen molar-refractivity contribution in [2.45, 2.75) is 38.5 Å². The minimum Gasteiger partial charge on any atom is -0.489 e. The zero-order valence-electron chi connectivity index (χ0n) is 21.2. The minimum absolute atomic E-state index is 0.0838. The second-order valence-corrected chi connectivity index (χ2v) is 10.4. The zero-order valence-corrected chi connectivity index (χ0v) is 21.2. The normalized spacial score (nSPS) is 25.9. The van der Waals surface area contributed by atoms with Gasteiger partial charge in [0.1, 0.15) is 12.4 Å². The number of hydrogen-bond donors (Lipinski definition) is 1. The van der Waals surface area contributed by atoms with Crippen LogP contribution in [0.25, 0.3) is 0 Å². The van der Waals surface area contributed by atoms with E-state index in [4.69, 9.17) is 4.74 Å². The number of amides is 2. The smallest absolute Gasteiger partial charge is 0.236 e. The van der Waals surface area contributed by atoms with E-state index in [2.05, 4.69) is 22.0 Å². The number of carbonyl (C=O) groups is 2. The molecule has 1 N–H and O–H groups in total. The number of aliphatic hydroxyl groups excluding tert-OH is 1. The second-order valence-electron chi connectivity index (χ2n) is 10.4. The van der Waals surface area contributed by atoms with E-state index in [0.29, 0.717) is 65.3 Å². The summed E-state index contributed by atoms with van der Waals surface area (Å²) in [5, 5.41) is 9.84. The molecule has 8 nitrogen and oxygen atoms in total. The van der Waals surface area contributed by atoms with Crippen molar-refractivity contribution in [1.29, 1.82) is 0 Å². The molecule has 5 rings (SSSR count). The van der Waals surface area contributed by atoms with Crippen molar-refractivity contribution in [3.8, 4) is 5.75 Å². The molecule has 0 saturated carbocycles. The van der Waals surface area contributed by atoms with Gasteiger partial charge in [-0.3, -0.25) is 19.5 Å². The van der Waals surface area contributed by atoms with Crippen molar-refractivity contribution < 1.29 is 19.4 Å². The van der Waals surface area contributed by atoms with Gasteiger partial charge >= 0.3 is 0 Å². The van der Waals surface area contributed by atoms with Crippen molar-refractivity contribution >= 4 is 11.8 Å². The number of likely N-dealkylation sites (tertiary alicyclic amines) is 1. The number of ether oxygens (including phenoxy) is 1. The van der Waals surface area contributed by atoms with Gasteiger partial charge in [0.25, 0.3) is 0 Å². The van der Waals surface area contributed by atoms with E-state index in [1.54, 1.807) is 11.1 Å². The van der Waals surface area contributed by atoms with Gasteiger partial charge in [-0.25, -0.2) is 0 Å². The number of piperidine rings is 1. The van der Waals surface area contributed by atoms with Gasteiger partial charge in [0.05, 0.1) is 12.6 Å². The Balaban J connectivity index is 1.34. The average Bonchev–Trinajstić information content (AvgIpc) is 3.35. The van der Waals surface area contributed by atoms with Gasteiger partial charge in [0, 0.05) is 63.6 Å². The molecule has 3 aliphatic heterocycles. The van der Waals surface area contributed by atoms with Crippen LogP contribution in [0.3, 0.4) is 0 Å². The van der Waals surface area contributed by atoms with Crippen LogP contribution in [0, 0.1) is 11.8 Å². The van der Waals surface area contributed by atoms with E-state index >= 15 is 0 Å². The lowest BCUT2D eigenvalue weighted by molar-refractivity contribution is -0.136. The highest BCUT2D eigenvalue weighted by Gasteiger charge is 2.34. The molecule has 196 valence electrons. The topological polar surface area (TPSA) is 86.2 Å². The third-order valence-electron chi connectivity index (χ3n) is 7.68. The zero-order chi connectivity index (χ0) is 25.6. The highest BCUT2D eigenvalue weighted by Crippen LogP contribution is 2.30. The summed E-state index contributed by atoms with van der Waals surface area (Å²) in [5.41, 5.74) is 2.10. The first-order valence-electron chi connectivity index (χ1n) is 13.3. The number of benzene rings is 1. The van der Waals surface area contributed by atoms with Crippen LogP contribution < -0.4 is 4.74 Å². The highest BCUT2D eigenvalue weighted by atomic mass is 16.5. The fourth-order valence-corrected chi connectivity index (χ4v) is 5.64. The molecule has 4 heterocycles. The van der Waals surface area contributed by atoms with Crippen LogP contribution in [0.1, 0.15) is 30.4 Å². The Bertz CT molecular complexity index is 1110. The first-order valence-corrected chi connectivity index (χ1v) is 13.3. The van der Waals surface area contributed by atoms with E-state index in [9.17, 15) is 14.7 Å². The SMILES string of the molecule is O=C(C[C@@H]1CCN2C[C@@H]1/C=C/COc1ccccc1CN(Cc1cccnc1)CC2=O)N1CC[C@@H](O)C1. The fraction of sp³-hybridized carbons (Fsp3) is 0.483. The van der Waals surface area contributed by atoms with Gasteiger partial charge in [0.2, 0.25) is 11.8 Å². The number of carbonyl (C=O) groups excluding carboxylic acids is 2. The van der Waals surface area contributed by atoms with Crippen LogP contribution in [-0.2, 0) is 22.7 Å². The summed E-state index contributed by atoms with van der Waals surface area (Å²) < 4.78 is 6.15. The fourth-order valence-electron chi connectivity index (χ4n) is 5.64. The largest absolute Gasteiger partial charge is 0.489 e. The molecule has 3 atom stereocenters. The number of hydrogen-bond acceptors (Lipinski definition) is 6. The first kappa shape index (κ1) is 25.4. The summed E-state index contributed by atoms with van der Waals surface area (Å²) in [6.45, 7) is 4.24. The lowest BCUT2D eigenvalue weighted by atomic mass is 9.82. The number of para-hydroxylation sites is 1. The molecule has 1 aromatic heterocycles. The summed E-state index contributed by atoms with van der Waals surface area (Å²) in [4.78, 5) is 36.6. The Labute approximate surface area is 218 Å². The molecule has 3 aliphatic rings. The lowest BCUT2D eigenvalue weighted by Gasteiger charge is -2.38. The molecule has 2 bridgehead atoms. The van der Waals surface area contributed by atoms with E-state index < -0.39 is 6.10 Å². The Morgan fingerprint density at radius 2 is 1.97 bits per heavy atom. The van der Waals surface area contributed by atoms with Gasteiger partial charge < -0.3 is 19.6 Å². The Morgan fingerprint density at radius 1 is 1.08 bits per heavy atom. The molecule has 37 heavy (non-hydrogen) atoms. The Hall–Kier alpha value is -3.23. The van der Waals surface area contributed by atoms with E-state index in [0.717, 1.165) is 23.3 Å². The van der Waals surface area contributed by atoms with Crippen molar-refractivity contribution in [2.24, 2.45) is 11.8 Å². The molecule has 0 unspecified atom stereocenters. The summed E-state index contributed by atoms with van der Waals surface area (Å²) in [6, 6.07) is 11.9. The predicted octanol–water partition coefficient (Wildman–Crippen LogP) is 2.48. The molecular weight excluding hydrogens is 468 g/mol. The van der Waals surface area contributed by atoms with Crippen molar-refractivity contribution in [3.63, 3.8) is 0 Å². The van der Waals surface area contributed by atoms with Gasteiger partial charge in [0.15, 0.2) is 0 Å². The third kappa shape index (κ3) is 6.56. The van der Waals surface area contributed by atoms with Crippen molar-refractivity contribution in [1.82, 2.24) is 19.7 Å². The standard InChI is InChI=1S/C29H36N4O4/c34-26-10-13-33(20-26)28(35)15-23-9-12-32-19-24(23)7-4-14-37-27-8-2-1-6-25(27)18-31(21-29(32)36)17-22-5-3-11-30-16-22/h1-8,11,16,23-24,26,34H,9-10,12-15,17-21H2/b7-4+/t23-,24-,26+/m0/s1. The van der Waals surface area contributed by atoms with Gasteiger partial charge in [-0.2, -0.15) is 0 Å². The number of nitrogens with zero attached hydrogens (tertiary/aromatic N) is 4. The molecule has 2 saturated heterocycles. The average molecular weight is 505 g/mol. The number of rotatable bonds is 4.